The Bertz CT molecular complexity index is 601. The molecule has 8 heteroatoms. The van der Waals surface area contributed by atoms with Crippen LogP contribution < -0.4 is 5.32 Å². The molecule has 0 unspecified atom stereocenters. The predicted molar refractivity (Wildman–Crippen MR) is 80.3 cm³/mol. The second-order valence-corrected chi connectivity index (χ2v) is 7.62. The first-order chi connectivity index (χ1) is 10.1. The van der Waals surface area contributed by atoms with E-state index < -0.39 is 17.8 Å². The molecule has 112 valence electrons. The van der Waals surface area contributed by atoms with Crippen LogP contribution in [-0.2, 0) is 9.59 Å². The summed E-state index contributed by atoms with van der Waals surface area (Å²) in [6, 6.07) is 0. The largest absolute Gasteiger partial charge is 0.481 e. The quantitative estimate of drug-likeness (QED) is 0.489. The number of hydrogen-bond donors (Lipinski definition) is 2. The van der Waals surface area contributed by atoms with Crippen molar-refractivity contribution in [2.75, 3.05) is 11.1 Å². The Morgan fingerprint density at radius 3 is 2.76 bits per heavy atom. The number of allylic oxidation sites excluding steroid dienone is 2. The van der Waals surface area contributed by atoms with Crippen molar-refractivity contribution in [1.82, 2.24) is 10.2 Å². The molecule has 1 saturated carbocycles. The van der Waals surface area contributed by atoms with Crippen LogP contribution in [0.2, 0.25) is 0 Å². The molecule has 0 radical (unpaired) electrons. The molecule has 1 heterocycles. The standard InChI is InChI=1S/C13H15N3O3S2/c1-2-20-13-16-15-12(21-13)14-10(17)8-6-3-4-7(5-6)9(8)11(18)19/h3-4,6-9H,2,5H2,1H3,(H,18,19)(H,14,15,17)/t6-,7-,8+,9+/m0/s1. The number of nitrogens with zero attached hydrogens (tertiary/aromatic N) is 2. The fourth-order valence-corrected chi connectivity index (χ4v) is 4.80. The number of amides is 1. The lowest BCUT2D eigenvalue weighted by atomic mass is 9.82. The molecule has 0 saturated heterocycles. The minimum atomic E-state index is -0.897. The van der Waals surface area contributed by atoms with E-state index in [9.17, 15) is 14.7 Å². The molecule has 1 aromatic heterocycles. The van der Waals surface area contributed by atoms with Crippen LogP contribution in [0.15, 0.2) is 16.5 Å². The van der Waals surface area contributed by atoms with Gasteiger partial charge >= 0.3 is 5.97 Å². The van der Waals surface area contributed by atoms with E-state index in [4.69, 9.17) is 0 Å². The lowest BCUT2D eigenvalue weighted by Gasteiger charge is -2.23. The van der Waals surface area contributed by atoms with E-state index in [2.05, 4.69) is 15.5 Å². The average Bonchev–Trinajstić information content (AvgIpc) is 3.13. The highest BCUT2D eigenvalue weighted by Gasteiger charge is 2.51. The summed E-state index contributed by atoms with van der Waals surface area (Å²) in [4.78, 5) is 23.8. The van der Waals surface area contributed by atoms with E-state index in [-0.39, 0.29) is 17.7 Å². The van der Waals surface area contributed by atoms with Gasteiger partial charge in [0.05, 0.1) is 11.8 Å². The molecule has 2 aliphatic rings. The molecular weight excluding hydrogens is 310 g/mol. The van der Waals surface area contributed by atoms with E-state index in [1.54, 1.807) is 11.8 Å². The van der Waals surface area contributed by atoms with Gasteiger partial charge in [-0.15, -0.1) is 10.2 Å². The fourth-order valence-electron chi connectivity index (χ4n) is 3.15. The highest BCUT2D eigenvalue weighted by molar-refractivity contribution is 8.01. The van der Waals surface area contributed by atoms with E-state index in [0.717, 1.165) is 16.5 Å². The molecular formula is C13H15N3O3S2. The van der Waals surface area contributed by atoms with Gasteiger partial charge in [0.15, 0.2) is 4.34 Å². The zero-order valence-electron chi connectivity index (χ0n) is 11.4. The summed E-state index contributed by atoms with van der Waals surface area (Å²) in [6.07, 6.45) is 4.64. The first-order valence-corrected chi connectivity index (χ1v) is 8.58. The van der Waals surface area contributed by atoms with Gasteiger partial charge < -0.3 is 10.4 Å². The van der Waals surface area contributed by atoms with E-state index in [0.29, 0.717) is 5.13 Å². The van der Waals surface area contributed by atoms with Crippen LogP contribution in [0, 0.1) is 23.7 Å². The van der Waals surface area contributed by atoms with Crippen molar-refractivity contribution in [2.45, 2.75) is 17.7 Å². The maximum absolute atomic E-state index is 12.4. The van der Waals surface area contributed by atoms with Gasteiger partial charge in [0.1, 0.15) is 0 Å². The Kier molecular flexibility index (Phi) is 3.99. The topological polar surface area (TPSA) is 92.2 Å². The lowest BCUT2D eigenvalue weighted by molar-refractivity contribution is -0.146. The molecule has 0 aliphatic heterocycles. The summed E-state index contributed by atoms with van der Waals surface area (Å²) in [5, 5.41) is 20.4. The molecule has 2 bridgehead atoms. The maximum atomic E-state index is 12.4. The number of carbonyl (C=O) groups is 2. The van der Waals surface area contributed by atoms with Crippen molar-refractivity contribution >= 4 is 40.1 Å². The van der Waals surface area contributed by atoms with Gasteiger partial charge in [-0.2, -0.15) is 0 Å². The summed E-state index contributed by atoms with van der Waals surface area (Å²) in [5.41, 5.74) is 0. The van der Waals surface area contributed by atoms with Crippen molar-refractivity contribution in [1.29, 1.82) is 0 Å². The third kappa shape index (κ3) is 2.69. The normalized spacial score (nSPS) is 29.8. The molecule has 1 aromatic rings. The number of nitrogens with one attached hydrogen (secondary N) is 1. The summed E-state index contributed by atoms with van der Waals surface area (Å²) < 4.78 is 0.801. The molecule has 2 N–H and O–H groups in total. The summed E-state index contributed by atoms with van der Waals surface area (Å²) in [6.45, 7) is 2.02. The molecule has 1 amide bonds. The molecule has 4 atom stereocenters. The highest BCUT2D eigenvalue weighted by Crippen LogP contribution is 2.48. The zero-order chi connectivity index (χ0) is 15.0. The predicted octanol–water partition coefficient (Wildman–Crippen LogP) is 2.11. The first kappa shape index (κ1) is 14.5. The Morgan fingerprint density at radius 1 is 1.38 bits per heavy atom. The van der Waals surface area contributed by atoms with Crippen LogP contribution in [0.25, 0.3) is 0 Å². The van der Waals surface area contributed by atoms with E-state index in [1.807, 2.05) is 19.1 Å². The average molecular weight is 325 g/mol. The van der Waals surface area contributed by atoms with Crippen molar-refractivity contribution in [3.8, 4) is 0 Å². The molecule has 0 aromatic carbocycles. The van der Waals surface area contributed by atoms with Crippen LogP contribution in [0.1, 0.15) is 13.3 Å². The van der Waals surface area contributed by atoms with Gasteiger partial charge in [-0.25, -0.2) is 0 Å². The lowest BCUT2D eigenvalue weighted by Crippen LogP contribution is -2.36. The van der Waals surface area contributed by atoms with Crippen molar-refractivity contribution in [2.24, 2.45) is 23.7 Å². The second-order valence-electron chi connectivity index (χ2n) is 5.13. The number of carboxylic acids is 1. The van der Waals surface area contributed by atoms with Crippen molar-refractivity contribution < 1.29 is 14.7 Å². The number of thioether (sulfide) groups is 1. The van der Waals surface area contributed by atoms with E-state index >= 15 is 0 Å². The van der Waals surface area contributed by atoms with Gasteiger partial charge in [-0.3, -0.25) is 9.59 Å². The molecule has 0 spiro atoms. The Hall–Kier alpha value is -1.41. The SMILES string of the molecule is CCSc1nnc(NC(=O)[C@H]2[C@H](C(=O)O)[C@H]3C=C[C@H]2C3)s1. The fraction of sp³-hybridized carbons (Fsp3) is 0.538. The number of hydrogen-bond acceptors (Lipinski definition) is 6. The van der Waals surface area contributed by atoms with Crippen LogP contribution in [0.5, 0.6) is 0 Å². The molecule has 2 aliphatic carbocycles. The van der Waals surface area contributed by atoms with Crippen molar-refractivity contribution in [3.63, 3.8) is 0 Å². The van der Waals surface area contributed by atoms with E-state index in [1.165, 1.54) is 11.3 Å². The summed E-state index contributed by atoms with van der Waals surface area (Å²) in [5.74, 6) is -1.41. The molecule has 1 fully saturated rings. The van der Waals surface area contributed by atoms with Crippen LogP contribution in [0.4, 0.5) is 5.13 Å². The third-order valence-electron chi connectivity index (χ3n) is 3.95. The first-order valence-electron chi connectivity index (χ1n) is 6.78. The Morgan fingerprint density at radius 2 is 2.10 bits per heavy atom. The summed E-state index contributed by atoms with van der Waals surface area (Å²) >= 11 is 2.88. The van der Waals surface area contributed by atoms with Gasteiger partial charge in [-0.1, -0.05) is 42.2 Å². The zero-order valence-corrected chi connectivity index (χ0v) is 13.0. The third-order valence-corrected chi connectivity index (χ3v) is 5.81. The Labute approximate surface area is 130 Å². The van der Waals surface area contributed by atoms with Gasteiger partial charge in [0.25, 0.3) is 0 Å². The monoisotopic (exact) mass is 325 g/mol. The minimum Gasteiger partial charge on any atom is -0.481 e. The molecule has 21 heavy (non-hydrogen) atoms. The van der Waals surface area contributed by atoms with Crippen LogP contribution in [-0.4, -0.2) is 32.9 Å². The number of rotatable bonds is 5. The highest BCUT2D eigenvalue weighted by atomic mass is 32.2. The van der Waals surface area contributed by atoms with Crippen molar-refractivity contribution in [3.05, 3.63) is 12.2 Å². The number of aliphatic carboxylic acids is 1. The van der Waals surface area contributed by atoms with Gasteiger partial charge in [0.2, 0.25) is 11.0 Å². The number of anilines is 1. The van der Waals surface area contributed by atoms with Crippen LogP contribution in [0.3, 0.4) is 0 Å². The van der Waals surface area contributed by atoms with Gasteiger partial charge in [0, 0.05) is 0 Å². The smallest absolute Gasteiger partial charge is 0.307 e. The second kappa shape index (κ2) is 5.76. The minimum absolute atomic E-state index is 0.0218. The molecule has 6 nitrogen and oxygen atoms in total. The Balaban J connectivity index is 1.72. The maximum Gasteiger partial charge on any atom is 0.307 e. The molecule has 3 rings (SSSR count). The number of aromatic nitrogens is 2. The van der Waals surface area contributed by atoms with Gasteiger partial charge in [-0.05, 0) is 24.0 Å². The number of carboxylic acid groups (broad SMARTS) is 1. The summed E-state index contributed by atoms with van der Waals surface area (Å²) in [7, 11) is 0. The number of carbonyl (C=O) groups excluding carboxylic acids is 1. The number of fused-ring (bicyclic) bond motifs is 2. The van der Waals surface area contributed by atoms with Crippen LogP contribution >= 0.6 is 23.1 Å².